The lowest BCUT2D eigenvalue weighted by Gasteiger charge is -2.36. The quantitative estimate of drug-likeness (QED) is 0.437. The van der Waals surface area contributed by atoms with Crippen LogP contribution in [0.15, 0.2) is 53.4 Å². The van der Waals surface area contributed by atoms with E-state index in [9.17, 15) is 18.0 Å². The summed E-state index contributed by atoms with van der Waals surface area (Å²) >= 11 is 1.64. The van der Waals surface area contributed by atoms with E-state index in [2.05, 4.69) is 20.2 Å². The van der Waals surface area contributed by atoms with Crippen LogP contribution in [0.4, 0.5) is 29.5 Å². The van der Waals surface area contributed by atoms with E-state index in [1.54, 1.807) is 29.7 Å². The SMILES string of the molecule is CSc1ccc(NC(=O)N2CCN(c3nc(C)nc(C)c3Cc3cccc(C(F)(F)F)c3)CC2)cc1. The lowest BCUT2D eigenvalue weighted by Crippen LogP contribution is -2.50. The molecule has 6 nitrogen and oxygen atoms in total. The molecule has 1 aliphatic heterocycles. The third-order valence-corrected chi connectivity index (χ3v) is 6.89. The number of carbonyl (C=O) groups is 1. The average Bonchev–Trinajstić information content (AvgIpc) is 2.86. The number of hydrogen-bond donors (Lipinski definition) is 1. The van der Waals surface area contributed by atoms with Crippen LogP contribution in [0.25, 0.3) is 0 Å². The second-order valence-electron chi connectivity index (χ2n) is 8.67. The first-order chi connectivity index (χ1) is 17.1. The first-order valence-electron chi connectivity index (χ1n) is 11.6. The molecule has 0 atom stereocenters. The highest BCUT2D eigenvalue weighted by Gasteiger charge is 2.31. The van der Waals surface area contributed by atoms with E-state index < -0.39 is 11.7 Å². The van der Waals surface area contributed by atoms with Gasteiger partial charge in [-0.2, -0.15) is 13.2 Å². The topological polar surface area (TPSA) is 61.4 Å². The van der Waals surface area contributed by atoms with Crippen molar-refractivity contribution in [3.05, 3.63) is 76.7 Å². The van der Waals surface area contributed by atoms with Crippen LogP contribution in [0.5, 0.6) is 0 Å². The Kier molecular flexibility index (Phi) is 7.73. The molecule has 36 heavy (non-hydrogen) atoms. The zero-order valence-corrected chi connectivity index (χ0v) is 21.2. The number of alkyl halides is 3. The van der Waals surface area contributed by atoms with Gasteiger partial charge in [-0.05, 0) is 56.0 Å². The van der Waals surface area contributed by atoms with Crippen LogP contribution in [0, 0.1) is 13.8 Å². The van der Waals surface area contributed by atoms with Gasteiger partial charge >= 0.3 is 12.2 Å². The van der Waals surface area contributed by atoms with Crippen LogP contribution in [0.3, 0.4) is 0 Å². The Labute approximate surface area is 212 Å². The summed E-state index contributed by atoms with van der Waals surface area (Å²) in [6.45, 7) is 5.78. The molecule has 1 aliphatic rings. The molecular formula is C26H28F3N5OS. The summed E-state index contributed by atoms with van der Waals surface area (Å²) in [5.74, 6) is 1.31. The molecule has 1 fully saturated rings. The number of carbonyl (C=O) groups excluding carboxylic acids is 1. The van der Waals surface area contributed by atoms with Crippen molar-refractivity contribution >= 4 is 29.3 Å². The molecule has 2 amide bonds. The fourth-order valence-electron chi connectivity index (χ4n) is 4.25. The number of amides is 2. The maximum atomic E-state index is 13.2. The maximum Gasteiger partial charge on any atom is 0.416 e. The van der Waals surface area contributed by atoms with Crippen LogP contribution in [0.2, 0.25) is 0 Å². The Hall–Kier alpha value is -3.27. The smallest absolute Gasteiger partial charge is 0.353 e. The molecule has 1 N–H and O–H groups in total. The molecule has 0 radical (unpaired) electrons. The van der Waals surface area contributed by atoms with E-state index in [1.165, 1.54) is 12.1 Å². The third kappa shape index (κ3) is 6.10. The van der Waals surface area contributed by atoms with E-state index >= 15 is 0 Å². The van der Waals surface area contributed by atoms with Crippen molar-refractivity contribution in [1.82, 2.24) is 14.9 Å². The minimum atomic E-state index is -4.40. The van der Waals surface area contributed by atoms with Crippen LogP contribution in [-0.2, 0) is 12.6 Å². The predicted molar refractivity (Wildman–Crippen MR) is 137 cm³/mol. The van der Waals surface area contributed by atoms with Crippen molar-refractivity contribution < 1.29 is 18.0 Å². The molecule has 0 bridgehead atoms. The summed E-state index contributed by atoms with van der Waals surface area (Å²) in [6, 6.07) is 12.9. The van der Waals surface area contributed by atoms with Crippen molar-refractivity contribution in [2.75, 3.05) is 42.7 Å². The van der Waals surface area contributed by atoms with E-state index in [0.29, 0.717) is 43.4 Å². The van der Waals surface area contributed by atoms with E-state index in [4.69, 9.17) is 0 Å². The number of halogens is 3. The standard InChI is InChI=1S/C26H28F3N5OS/c1-17-23(16-19-5-4-6-20(15-19)26(27,28)29)24(31-18(2)30-17)33-11-13-34(14-12-33)25(35)32-21-7-9-22(36-3)10-8-21/h4-10,15H,11-14,16H2,1-3H3,(H,32,35). The van der Waals surface area contributed by atoms with E-state index in [-0.39, 0.29) is 12.5 Å². The normalized spacial score (nSPS) is 14.2. The number of piperazine rings is 1. The van der Waals surface area contributed by atoms with Crippen molar-refractivity contribution in [2.45, 2.75) is 31.3 Å². The molecule has 0 aliphatic carbocycles. The van der Waals surface area contributed by atoms with Crippen LogP contribution in [-0.4, -0.2) is 53.3 Å². The number of hydrogen-bond acceptors (Lipinski definition) is 5. The zero-order valence-electron chi connectivity index (χ0n) is 20.4. The summed E-state index contributed by atoms with van der Waals surface area (Å²) < 4.78 is 39.6. The largest absolute Gasteiger partial charge is 0.416 e. The van der Waals surface area contributed by atoms with Gasteiger partial charge in [0.25, 0.3) is 0 Å². The minimum Gasteiger partial charge on any atom is -0.353 e. The highest BCUT2D eigenvalue weighted by Crippen LogP contribution is 2.31. The van der Waals surface area contributed by atoms with Gasteiger partial charge in [-0.1, -0.05) is 18.2 Å². The number of nitrogens with zero attached hydrogens (tertiary/aromatic N) is 4. The van der Waals surface area contributed by atoms with Crippen LogP contribution >= 0.6 is 11.8 Å². The maximum absolute atomic E-state index is 13.2. The summed E-state index contributed by atoms with van der Waals surface area (Å²) in [5, 5.41) is 2.94. The molecule has 0 spiro atoms. The fraction of sp³-hybridized carbons (Fsp3) is 0.346. The number of rotatable bonds is 5. The van der Waals surface area contributed by atoms with Gasteiger partial charge in [0.05, 0.1) is 5.56 Å². The number of nitrogens with one attached hydrogen (secondary N) is 1. The predicted octanol–water partition coefficient (Wildman–Crippen LogP) is 5.78. The highest BCUT2D eigenvalue weighted by molar-refractivity contribution is 7.98. The third-order valence-electron chi connectivity index (χ3n) is 6.15. The Balaban J connectivity index is 1.47. The van der Waals surface area contributed by atoms with Gasteiger partial charge in [0.15, 0.2) is 0 Å². The molecule has 0 unspecified atom stereocenters. The Morgan fingerprint density at radius 1 is 1.03 bits per heavy atom. The molecule has 0 saturated carbocycles. The first kappa shape index (κ1) is 25.8. The first-order valence-corrected chi connectivity index (χ1v) is 12.8. The molecule has 1 aromatic heterocycles. The number of aryl methyl sites for hydroxylation is 2. The van der Waals surface area contributed by atoms with Crippen molar-refractivity contribution in [2.24, 2.45) is 0 Å². The van der Waals surface area contributed by atoms with Crippen LogP contribution in [0.1, 0.15) is 28.2 Å². The molecule has 190 valence electrons. The van der Waals surface area contributed by atoms with Gasteiger partial charge in [0.1, 0.15) is 11.6 Å². The number of aromatic nitrogens is 2. The van der Waals surface area contributed by atoms with Crippen LogP contribution < -0.4 is 10.2 Å². The minimum absolute atomic E-state index is 0.161. The lowest BCUT2D eigenvalue weighted by molar-refractivity contribution is -0.137. The van der Waals surface area contributed by atoms with Gasteiger partial charge in [-0.15, -0.1) is 11.8 Å². The Morgan fingerprint density at radius 3 is 2.36 bits per heavy atom. The highest BCUT2D eigenvalue weighted by atomic mass is 32.2. The Bertz CT molecular complexity index is 1230. The van der Waals surface area contributed by atoms with Gasteiger partial charge in [0.2, 0.25) is 0 Å². The van der Waals surface area contributed by atoms with Crippen molar-refractivity contribution in [3.63, 3.8) is 0 Å². The lowest BCUT2D eigenvalue weighted by atomic mass is 10.0. The number of benzene rings is 2. The molecule has 4 rings (SSSR count). The second-order valence-corrected chi connectivity index (χ2v) is 9.55. The molecule has 2 aromatic carbocycles. The molecule has 10 heteroatoms. The zero-order chi connectivity index (χ0) is 25.9. The molecular weight excluding hydrogens is 487 g/mol. The summed E-state index contributed by atoms with van der Waals surface area (Å²) in [5.41, 5.74) is 2.16. The van der Waals surface area contributed by atoms with E-state index in [0.717, 1.165) is 27.9 Å². The monoisotopic (exact) mass is 515 g/mol. The van der Waals surface area contributed by atoms with Gasteiger partial charge < -0.3 is 15.1 Å². The van der Waals surface area contributed by atoms with Gasteiger partial charge in [-0.25, -0.2) is 14.8 Å². The average molecular weight is 516 g/mol. The summed E-state index contributed by atoms with van der Waals surface area (Å²) in [6.07, 6.45) is -2.11. The fourth-order valence-corrected chi connectivity index (χ4v) is 4.65. The second kappa shape index (κ2) is 10.8. The molecule has 2 heterocycles. The van der Waals surface area contributed by atoms with Gasteiger partial charge in [0, 0.05) is 54.4 Å². The summed E-state index contributed by atoms with van der Waals surface area (Å²) in [4.78, 5) is 26.8. The van der Waals surface area contributed by atoms with Crippen molar-refractivity contribution in [3.8, 4) is 0 Å². The number of thioether (sulfide) groups is 1. The van der Waals surface area contributed by atoms with E-state index in [1.807, 2.05) is 37.4 Å². The molecule has 3 aromatic rings. The number of urea groups is 1. The van der Waals surface area contributed by atoms with Gasteiger partial charge in [-0.3, -0.25) is 0 Å². The van der Waals surface area contributed by atoms with Crippen molar-refractivity contribution in [1.29, 1.82) is 0 Å². The molecule has 1 saturated heterocycles. The Morgan fingerprint density at radius 2 is 1.72 bits per heavy atom. The summed E-state index contributed by atoms with van der Waals surface area (Å²) in [7, 11) is 0. The number of anilines is 2.